The molecule has 1 heteroatoms. The summed E-state index contributed by atoms with van der Waals surface area (Å²) in [4.78, 5) is 0. The van der Waals surface area contributed by atoms with Crippen LogP contribution in [0.1, 0.15) is 51.9 Å². The Kier molecular flexibility index (Phi) is 3.86. The monoisotopic (exact) mass is 195 g/mol. The zero-order chi connectivity index (χ0) is 9.80. The summed E-state index contributed by atoms with van der Waals surface area (Å²) >= 11 is 0. The van der Waals surface area contributed by atoms with Gasteiger partial charge in [-0.25, -0.2) is 0 Å². The zero-order valence-corrected chi connectivity index (χ0v) is 9.60. The topological polar surface area (TPSA) is 12.0 Å². The summed E-state index contributed by atoms with van der Waals surface area (Å²) in [5.41, 5.74) is 0. The lowest BCUT2D eigenvalue weighted by molar-refractivity contribution is 0.310. The van der Waals surface area contributed by atoms with E-state index in [9.17, 15) is 0 Å². The number of nitrogens with one attached hydrogen (secondary N) is 1. The van der Waals surface area contributed by atoms with E-state index >= 15 is 0 Å². The van der Waals surface area contributed by atoms with Gasteiger partial charge in [0.25, 0.3) is 0 Å². The molecule has 82 valence electrons. The summed E-state index contributed by atoms with van der Waals surface area (Å²) in [7, 11) is 0. The fourth-order valence-electron chi connectivity index (χ4n) is 3.44. The van der Waals surface area contributed by atoms with Crippen molar-refractivity contribution in [3.8, 4) is 0 Å². The van der Waals surface area contributed by atoms with Crippen LogP contribution in [0.15, 0.2) is 0 Å². The van der Waals surface area contributed by atoms with Gasteiger partial charge in [0.05, 0.1) is 0 Å². The molecule has 0 aliphatic heterocycles. The predicted molar refractivity (Wildman–Crippen MR) is 61.3 cm³/mol. The molecule has 0 aromatic rings. The molecule has 1 N–H and O–H groups in total. The second kappa shape index (κ2) is 5.16. The van der Waals surface area contributed by atoms with E-state index in [0.29, 0.717) is 0 Å². The minimum atomic E-state index is 1.09. The SMILES string of the molecule is CCCCNCCC1CC2CCC1C2. The minimum absolute atomic E-state index is 1.09. The third-order valence-electron chi connectivity index (χ3n) is 4.28. The first-order chi connectivity index (χ1) is 6.90. The first-order valence-corrected chi connectivity index (χ1v) is 6.61. The van der Waals surface area contributed by atoms with Crippen LogP contribution in [0.2, 0.25) is 0 Å². The van der Waals surface area contributed by atoms with E-state index in [0.717, 1.165) is 17.8 Å². The first-order valence-electron chi connectivity index (χ1n) is 6.61. The lowest BCUT2D eigenvalue weighted by atomic mass is 9.86. The summed E-state index contributed by atoms with van der Waals surface area (Å²) in [6.07, 6.45) is 10.3. The molecule has 2 bridgehead atoms. The third kappa shape index (κ3) is 2.50. The molecule has 2 rings (SSSR count). The highest BCUT2D eigenvalue weighted by Crippen LogP contribution is 2.49. The molecular weight excluding hydrogens is 170 g/mol. The van der Waals surface area contributed by atoms with Gasteiger partial charge in [-0.15, -0.1) is 0 Å². The summed E-state index contributed by atoms with van der Waals surface area (Å²) in [5.74, 6) is 3.33. The molecule has 0 heterocycles. The second-order valence-corrected chi connectivity index (χ2v) is 5.33. The largest absolute Gasteiger partial charge is 0.317 e. The van der Waals surface area contributed by atoms with Gasteiger partial charge in [-0.2, -0.15) is 0 Å². The normalized spacial score (nSPS) is 35.4. The Morgan fingerprint density at radius 1 is 1.14 bits per heavy atom. The van der Waals surface area contributed by atoms with E-state index < -0.39 is 0 Å². The highest BCUT2D eigenvalue weighted by atomic mass is 14.8. The van der Waals surface area contributed by atoms with Crippen molar-refractivity contribution in [2.24, 2.45) is 17.8 Å². The molecule has 2 saturated carbocycles. The van der Waals surface area contributed by atoms with Crippen LogP contribution in [-0.4, -0.2) is 13.1 Å². The van der Waals surface area contributed by atoms with E-state index in [1.807, 2.05) is 0 Å². The summed E-state index contributed by atoms with van der Waals surface area (Å²) in [6.45, 7) is 4.77. The van der Waals surface area contributed by atoms with E-state index in [4.69, 9.17) is 0 Å². The van der Waals surface area contributed by atoms with Crippen molar-refractivity contribution in [1.29, 1.82) is 0 Å². The lowest BCUT2D eigenvalue weighted by Gasteiger charge is -2.21. The van der Waals surface area contributed by atoms with Gasteiger partial charge < -0.3 is 5.32 Å². The van der Waals surface area contributed by atoms with Crippen molar-refractivity contribution in [3.05, 3.63) is 0 Å². The van der Waals surface area contributed by atoms with Crippen LogP contribution in [0.25, 0.3) is 0 Å². The molecule has 2 aliphatic carbocycles. The Balaban J connectivity index is 1.54. The van der Waals surface area contributed by atoms with Crippen LogP contribution in [0.5, 0.6) is 0 Å². The van der Waals surface area contributed by atoms with E-state index in [-0.39, 0.29) is 0 Å². The van der Waals surface area contributed by atoms with Crippen molar-refractivity contribution in [2.45, 2.75) is 51.9 Å². The average molecular weight is 195 g/mol. The number of hydrogen-bond acceptors (Lipinski definition) is 1. The van der Waals surface area contributed by atoms with Gasteiger partial charge in [-0.1, -0.05) is 19.8 Å². The van der Waals surface area contributed by atoms with Crippen LogP contribution in [0, 0.1) is 17.8 Å². The maximum Gasteiger partial charge on any atom is -0.00462 e. The van der Waals surface area contributed by atoms with Gasteiger partial charge >= 0.3 is 0 Å². The van der Waals surface area contributed by atoms with Gasteiger partial charge in [0.15, 0.2) is 0 Å². The number of fused-ring (bicyclic) bond motifs is 2. The average Bonchev–Trinajstić information content (AvgIpc) is 2.79. The highest BCUT2D eigenvalue weighted by molar-refractivity contribution is 4.89. The molecule has 0 aromatic heterocycles. The van der Waals surface area contributed by atoms with Crippen molar-refractivity contribution in [1.82, 2.24) is 5.32 Å². The van der Waals surface area contributed by atoms with Gasteiger partial charge in [0.1, 0.15) is 0 Å². The van der Waals surface area contributed by atoms with E-state index in [2.05, 4.69) is 12.2 Å². The van der Waals surface area contributed by atoms with Gasteiger partial charge in [0, 0.05) is 0 Å². The molecular formula is C13H25N. The molecule has 0 radical (unpaired) electrons. The van der Waals surface area contributed by atoms with Crippen molar-refractivity contribution < 1.29 is 0 Å². The van der Waals surface area contributed by atoms with Crippen molar-refractivity contribution in [2.75, 3.05) is 13.1 Å². The maximum absolute atomic E-state index is 3.57. The maximum atomic E-state index is 3.57. The van der Waals surface area contributed by atoms with Crippen LogP contribution in [0.4, 0.5) is 0 Å². The van der Waals surface area contributed by atoms with Gasteiger partial charge in [-0.3, -0.25) is 0 Å². The molecule has 14 heavy (non-hydrogen) atoms. The third-order valence-corrected chi connectivity index (χ3v) is 4.28. The molecule has 2 fully saturated rings. The fourth-order valence-corrected chi connectivity index (χ4v) is 3.44. The Bertz CT molecular complexity index is 167. The number of rotatable bonds is 6. The predicted octanol–water partition coefficient (Wildman–Crippen LogP) is 3.20. The minimum Gasteiger partial charge on any atom is -0.317 e. The Morgan fingerprint density at radius 3 is 2.71 bits per heavy atom. The Labute approximate surface area is 88.7 Å². The van der Waals surface area contributed by atoms with Crippen LogP contribution in [-0.2, 0) is 0 Å². The number of unbranched alkanes of at least 4 members (excludes halogenated alkanes) is 1. The lowest BCUT2D eigenvalue weighted by Crippen LogP contribution is -2.21. The van der Waals surface area contributed by atoms with Crippen LogP contribution < -0.4 is 5.32 Å². The molecule has 0 aromatic carbocycles. The summed E-state index contributed by atoms with van der Waals surface area (Å²) < 4.78 is 0. The van der Waals surface area contributed by atoms with Crippen molar-refractivity contribution in [3.63, 3.8) is 0 Å². The van der Waals surface area contributed by atoms with Gasteiger partial charge in [0.2, 0.25) is 0 Å². The molecule has 1 nitrogen and oxygen atoms in total. The zero-order valence-electron chi connectivity index (χ0n) is 9.60. The molecule has 0 spiro atoms. The molecule has 0 amide bonds. The quantitative estimate of drug-likeness (QED) is 0.642. The molecule has 2 aliphatic rings. The van der Waals surface area contributed by atoms with E-state index in [1.54, 1.807) is 25.7 Å². The second-order valence-electron chi connectivity index (χ2n) is 5.33. The Morgan fingerprint density at radius 2 is 2.07 bits per heavy atom. The van der Waals surface area contributed by atoms with Crippen LogP contribution in [0.3, 0.4) is 0 Å². The van der Waals surface area contributed by atoms with E-state index in [1.165, 1.54) is 32.4 Å². The summed E-state index contributed by atoms with van der Waals surface area (Å²) in [5, 5.41) is 3.57. The fraction of sp³-hybridized carbons (Fsp3) is 1.00. The highest BCUT2D eigenvalue weighted by Gasteiger charge is 2.38. The van der Waals surface area contributed by atoms with Gasteiger partial charge in [-0.05, 0) is 62.9 Å². The number of hydrogen-bond donors (Lipinski definition) is 1. The molecule has 0 saturated heterocycles. The summed E-state index contributed by atoms with van der Waals surface area (Å²) in [6, 6.07) is 0. The molecule has 3 atom stereocenters. The standard InChI is InChI=1S/C13H25N/c1-2-3-7-14-8-6-13-10-11-4-5-12(13)9-11/h11-14H,2-10H2,1H3. The van der Waals surface area contributed by atoms with Crippen molar-refractivity contribution >= 4 is 0 Å². The first kappa shape index (κ1) is 10.5. The Hall–Kier alpha value is -0.0400. The molecule has 3 unspecified atom stereocenters. The van der Waals surface area contributed by atoms with Crippen LogP contribution >= 0.6 is 0 Å². The smallest absolute Gasteiger partial charge is 0.00462 e.